The molecule has 0 aromatic rings. The minimum atomic E-state index is -4.66. The summed E-state index contributed by atoms with van der Waals surface area (Å²) < 4.78 is 65.5. The molecule has 0 aliphatic carbocycles. The average molecular weight is 266 g/mol. The van der Waals surface area contributed by atoms with Crippen LogP contribution in [0.25, 0.3) is 0 Å². The van der Waals surface area contributed by atoms with E-state index in [0.29, 0.717) is 0 Å². The van der Waals surface area contributed by atoms with E-state index in [1.807, 2.05) is 0 Å². The van der Waals surface area contributed by atoms with Crippen LogP contribution in [0, 0.1) is 0 Å². The molecule has 1 atom stereocenters. The van der Waals surface area contributed by atoms with Crippen LogP contribution in [-0.4, -0.2) is 40.1 Å². The Hall–Kier alpha value is -0.710. The van der Waals surface area contributed by atoms with Crippen molar-refractivity contribution in [2.75, 3.05) is 13.2 Å². The SMILES string of the molecule is O=C(OCC(F)(F)F)OC1CCOS1(O)O. The molecule has 96 valence electrons. The predicted octanol–water partition coefficient (Wildman–Crippen LogP) is 2.11. The Kier molecular flexibility index (Phi) is 3.88. The van der Waals surface area contributed by atoms with Crippen LogP contribution in [0.3, 0.4) is 0 Å². The summed E-state index contributed by atoms with van der Waals surface area (Å²) in [7, 11) is -3.54. The zero-order valence-corrected chi connectivity index (χ0v) is 8.58. The first-order chi connectivity index (χ1) is 7.21. The van der Waals surface area contributed by atoms with Crippen LogP contribution >= 0.6 is 10.9 Å². The fraction of sp³-hybridized carbons (Fsp3) is 0.833. The van der Waals surface area contributed by atoms with Crippen molar-refractivity contribution in [3.8, 4) is 0 Å². The molecule has 1 aliphatic rings. The lowest BCUT2D eigenvalue weighted by molar-refractivity contribution is -0.166. The summed E-state index contributed by atoms with van der Waals surface area (Å²) in [4.78, 5) is 10.7. The third kappa shape index (κ3) is 4.04. The van der Waals surface area contributed by atoms with Gasteiger partial charge in [-0.05, 0) is 0 Å². The van der Waals surface area contributed by atoms with E-state index in [2.05, 4.69) is 13.7 Å². The van der Waals surface area contributed by atoms with Crippen LogP contribution in [0.5, 0.6) is 0 Å². The highest BCUT2D eigenvalue weighted by Crippen LogP contribution is 2.52. The Labute approximate surface area is 89.8 Å². The van der Waals surface area contributed by atoms with Crippen molar-refractivity contribution in [3.63, 3.8) is 0 Å². The van der Waals surface area contributed by atoms with Crippen LogP contribution < -0.4 is 0 Å². The van der Waals surface area contributed by atoms with Crippen LogP contribution in [0.1, 0.15) is 6.42 Å². The molecule has 1 fully saturated rings. The molecule has 0 aromatic carbocycles. The van der Waals surface area contributed by atoms with Gasteiger partial charge in [-0.3, -0.25) is 4.18 Å². The van der Waals surface area contributed by atoms with Crippen molar-refractivity contribution in [2.45, 2.75) is 18.0 Å². The maximum atomic E-state index is 11.6. The van der Waals surface area contributed by atoms with E-state index < -0.39 is 35.2 Å². The molecule has 0 spiro atoms. The van der Waals surface area contributed by atoms with Gasteiger partial charge in [0.15, 0.2) is 6.61 Å². The fourth-order valence-corrected chi connectivity index (χ4v) is 2.00. The van der Waals surface area contributed by atoms with Crippen LogP contribution in [-0.2, 0) is 13.7 Å². The Morgan fingerprint density at radius 1 is 1.50 bits per heavy atom. The Balaban J connectivity index is 2.35. The van der Waals surface area contributed by atoms with Crippen LogP contribution in [0.4, 0.5) is 18.0 Å². The molecule has 1 rings (SSSR count). The number of hydrogen-bond donors (Lipinski definition) is 2. The maximum Gasteiger partial charge on any atom is 0.509 e. The maximum absolute atomic E-state index is 11.6. The normalized spacial score (nSPS) is 26.2. The molecule has 0 aromatic heterocycles. The molecular formula is C6H9F3O6S. The molecule has 1 unspecified atom stereocenters. The van der Waals surface area contributed by atoms with Gasteiger partial charge in [0.05, 0.1) is 6.61 Å². The molecule has 0 radical (unpaired) electrons. The van der Waals surface area contributed by atoms with Gasteiger partial charge in [-0.1, -0.05) is 0 Å². The van der Waals surface area contributed by atoms with Gasteiger partial charge >= 0.3 is 12.3 Å². The summed E-state index contributed by atoms with van der Waals surface area (Å²) in [5, 5.41) is 0. The lowest BCUT2D eigenvalue weighted by Crippen LogP contribution is -2.25. The van der Waals surface area contributed by atoms with Crippen molar-refractivity contribution in [1.29, 1.82) is 0 Å². The highest BCUT2D eigenvalue weighted by Gasteiger charge is 2.40. The molecule has 0 amide bonds. The van der Waals surface area contributed by atoms with E-state index in [0.717, 1.165) is 0 Å². The van der Waals surface area contributed by atoms with Crippen molar-refractivity contribution in [1.82, 2.24) is 0 Å². The second-order valence-corrected chi connectivity index (χ2v) is 4.69. The van der Waals surface area contributed by atoms with Crippen molar-refractivity contribution in [2.24, 2.45) is 0 Å². The first-order valence-corrected chi connectivity index (χ1v) is 5.56. The van der Waals surface area contributed by atoms with Gasteiger partial charge in [-0.2, -0.15) is 13.2 Å². The summed E-state index contributed by atoms with van der Waals surface area (Å²) >= 11 is 0. The zero-order valence-electron chi connectivity index (χ0n) is 7.77. The van der Waals surface area contributed by atoms with Gasteiger partial charge in [0.2, 0.25) is 5.44 Å². The number of alkyl halides is 3. The number of ether oxygens (including phenoxy) is 2. The molecule has 6 nitrogen and oxygen atoms in total. The molecule has 0 saturated carbocycles. The monoisotopic (exact) mass is 266 g/mol. The van der Waals surface area contributed by atoms with Crippen molar-refractivity contribution in [3.05, 3.63) is 0 Å². The summed E-state index contributed by atoms with van der Waals surface area (Å²) in [6, 6.07) is 0. The van der Waals surface area contributed by atoms with Crippen LogP contribution in [0.15, 0.2) is 0 Å². The minimum Gasteiger partial charge on any atom is -0.425 e. The number of carbonyl (C=O) groups excluding carboxylic acids is 1. The number of hydrogen-bond acceptors (Lipinski definition) is 6. The standard InChI is InChI=1S/C6H9F3O6S/c7-6(8,9)3-13-5(10)15-4-1-2-14-16(4,11)12/h4,11-12H,1-3H2. The molecule has 10 heteroatoms. The Morgan fingerprint density at radius 3 is 2.56 bits per heavy atom. The van der Waals surface area contributed by atoms with Gasteiger partial charge in [-0.15, -0.1) is 0 Å². The van der Waals surface area contributed by atoms with E-state index in [1.54, 1.807) is 0 Å². The molecule has 0 bridgehead atoms. The summed E-state index contributed by atoms with van der Waals surface area (Å²) in [5.41, 5.74) is -1.38. The second kappa shape index (κ2) is 4.65. The van der Waals surface area contributed by atoms with Gasteiger partial charge in [0.1, 0.15) is 10.9 Å². The first kappa shape index (κ1) is 13.4. The van der Waals surface area contributed by atoms with Gasteiger partial charge < -0.3 is 18.6 Å². The molecule has 2 N–H and O–H groups in total. The van der Waals surface area contributed by atoms with Crippen LogP contribution in [0.2, 0.25) is 0 Å². The van der Waals surface area contributed by atoms with E-state index >= 15 is 0 Å². The summed E-state index contributed by atoms with van der Waals surface area (Å²) in [5.74, 6) is 0. The molecule has 1 heterocycles. The molecule has 1 aliphatic heterocycles. The average Bonchev–Trinajstić information content (AvgIpc) is 2.42. The van der Waals surface area contributed by atoms with Gasteiger partial charge in [0.25, 0.3) is 0 Å². The van der Waals surface area contributed by atoms with Gasteiger partial charge in [-0.25, -0.2) is 4.79 Å². The Morgan fingerprint density at radius 2 is 2.12 bits per heavy atom. The third-order valence-electron chi connectivity index (χ3n) is 1.53. The zero-order chi connectivity index (χ0) is 12.4. The smallest absolute Gasteiger partial charge is 0.425 e. The number of halogens is 3. The first-order valence-electron chi connectivity index (χ1n) is 4.02. The predicted molar refractivity (Wildman–Crippen MR) is 45.7 cm³/mol. The number of carbonyl (C=O) groups is 1. The third-order valence-corrected chi connectivity index (χ3v) is 3.06. The van der Waals surface area contributed by atoms with Crippen molar-refractivity contribution >= 4 is 17.0 Å². The highest BCUT2D eigenvalue weighted by molar-refractivity contribution is 8.20. The van der Waals surface area contributed by atoms with E-state index in [9.17, 15) is 18.0 Å². The lowest BCUT2D eigenvalue weighted by atomic mass is 10.5. The van der Waals surface area contributed by atoms with Crippen molar-refractivity contribution < 1.29 is 40.7 Å². The second-order valence-electron chi connectivity index (χ2n) is 2.85. The topological polar surface area (TPSA) is 85.2 Å². The van der Waals surface area contributed by atoms with E-state index in [-0.39, 0.29) is 13.0 Å². The fourth-order valence-electron chi connectivity index (χ4n) is 0.900. The lowest BCUT2D eigenvalue weighted by Gasteiger charge is -2.25. The quantitative estimate of drug-likeness (QED) is 0.744. The van der Waals surface area contributed by atoms with Gasteiger partial charge in [0, 0.05) is 6.42 Å². The molecular weight excluding hydrogens is 257 g/mol. The molecule has 1 saturated heterocycles. The number of rotatable bonds is 2. The largest absolute Gasteiger partial charge is 0.509 e. The molecule has 16 heavy (non-hydrogen) atoms. The summed E-state index contributed by atoms with van der Waals surface area (Å²) in [6.07, 6.45) is -6.29. The van der Waals surface area contributed by atoms with E-state index in [1.165, 1.54) is 0 Å². The summed E-state index contributed by atoms with van der Waals surface area (Å²) in [6.45, 7) is -1.85. The minimum absolute atomic E-state index is 0.0105. The highest BCUT2D eigenvalue weighted by atomic mass is 32.3. The Bertz CT molecular complexity index is 267. The van der Waals surface area contributed by atoms with E-state index in [4.69, 9.17) is 9.11 Å².